The summed E-state index contributed by atoms with van der Waals surface area (Å²) in [4.78, 5) is 21.0. The third-order valence-corrected chi connectivity index (χ3v) is 2.50. The molecule has 0 saturated carbocycles. The second-order valence-electron chi connectivity index (χ2n) is 3.56. The molecular formula is C10H11N5O2. The van der Waals surface area contributed by atoms with Crippen LogP contribution in [0.25, 0.3) is 0 Å². The molecule has 1 saturated heterocycles. The van der Waals surface area contributed by atoms with Crippen LogP contribution in [0, 0.1) is 11.3 Å². The lowest BCUT2D eigenvalue weighted by atomic mass is 10.2. The van der Waals surface area contributed by atoms with Gasteiger partial charge in [0.1, 0.15) is 17.9 Å². The monoisotopic (exact) mass is 233 g/mol. The van der Waals surface area contributed by atoms with E-state index in [1.165, 1.54) is 12.4 Å². The molecule has 0 radical (unpaired) electrons. The number of carbonyl (C=O) groups is 1. The van der Waals surface area contributed by atoms with Crippen LogP contribution in [0.2, 0.25) is 0 Å². The van der Waals surface area contributed by atoms with E-state index in [1.807, 2.05) is 6.07 Å². The Kier molecular flexibility index (Phi) is 3.16. The van der Waals surface area contributed by atoms with E-state index in [2.05, 4.69) is 9.97 Å². The Bertz CT molecular complexity index is 453. The zero-order chi connectivity index (χ0) is 12.3. The molecule has 1 amide bonds. The highest BCUT2D eigenvalue weighted by molar-refractivity contribution is 5.83. The van der Waals surface area contributed by atoms with E-state index in [4.69, 9.17) is 15.7 Å². The second kappa shape index (κ2) is 4.76. The topological polar surface area (TPSA) is 105 Å². The molecule has 1 aliphatic heterocycles. The summed E-state index contributed by atoms with van der Waals surface area (Å²) in [6, 6.07) is 1.35. The van der Waals surface area contributed by atoms with Crippen LogP contribution in [0.5, 0.6) is 0 Å². The number of amides is 1. The van der Waals surface area contributed by atoms with Gasteiger partial charge in [-0.05, 0) is 0 Å². The minimum Gasteiger partial charge on any atom is -0.377 e. The molecule has 0 spiro atoms. The summed E-state index contributed by atoms with van der Waals surface area (Å²) in [5, 5.41) is 8.62. The van der Waals surface area contributed by atoms with Crippen molar-refractivity contribution in [2.24, 2.45) is 5.73 Å². The molecule has 1 aromatic heterocycles. The van der Waals surface area contributed by atoms with Crippen molar-refractivity contribution in [2.45, 2.75) is 6.04 Å². The van der Waals surface area contributed by atoms with Gasteiger partial charge in [0.15, 0.2) is 5.69 Å². The Morgan fingerprint density at radius 1 is 1.59 bits per heavy atom. The molecule has 17 heavy (non-hydrogen) atoms. The number of rotatable bonds is 2. The Labute approximate surface area is 97.8 Å². The van der Waals surface area contributed by atoms with Crippen LogP contribution < -0.4 is 10.6 Å². The van der Waals surface area contributed by atoms with Gasteiger partial charge in [0.2, 0.25) is 5.91 Å². The number of hydrogen-bond acceptors (Lipinski definition) is 6. The molecule has 88 valence electrons. The Morgan fingerprint density at radius 3 is 3.00 bits per heavy atom. The van der Waals surface area contributed by atoms with Gasteiger partial charge in [-0.15, -0.1) is 0 Å². The maximum Gasteiger partial charge on any atom is 0.242 e. The van der Waals surface area contributed by atoms with Gasteiger partial charge in [0.25, 0.3) is 0 Å². The molecule has 0 aromatic carbocycles. The van der Waals surface area contributed by atoms with Crippen LogP contribution in [0.3, 0.4) is 0 Å². The number of anilines is 1. The number of carbonyl (C=O) groups excluding carboxylic acids is 1. The quantitative estimate of drug-likeness (QED) is 0.705. The van der Waals surface area contributed by atoms with E-state index >= 15 is 0 Å². The third-order valence-electron chi connectivity index (χ3n) is 2.50. The minimum absolute atomic E-state index is 0.234. The van der Waals surface area contributed by atoms with E-state index in [-0.39, 0.29) is 12.3 Å². The highest BCUT2D eigenvalue weighted by Gasteiger charge is 2.28. The van der Waals surface area contributed by atoms with E-state index in [9.17, 15) is 4.79 Å². The Hall–Kier alpha value is -2.20. The Morgan fingerprint density at radius 2 is 2.41 bits per heavy atom. The minimum atomic E-state index is -0.536. The molecule has 1 atom stereocenters. The summed E-state index contributed by atoms with van der Waals surface area (Å²) < 4.78 is 5.20. The van der Waals surface area contributed by atoms with E-state index in [0.717, 1.165) is 0 Å². The molecule has 1 unspecified atom stereocenters. The smallest absolute Gasteiger partial charge is 0.242 e. The van der Waals surface area contributed by atoms with Crippen molar-refractivity contribution in [3.8, 4) is 6.07 Å². The summed E-state index contributed by atoms with van der Waals surface area (Å²) in [5.41, 5.74) is 5.52. The van der Waals surface area contributed by atoms with Crippen molar-refractivity contribution < 1.29 is 9.53 Å². The number of hydrogen-bond donors (Lipinski definition) is 1. The fourth-order valence-electron chi connectivity index (χ4n) is 1.64. The standard InChI is InChI=1S/C10H11N5O2/c11-3-7-4-14-9(5-13-7)15-1-2-17-6-8(15)10(12)16/h4-5,8H,1-2,6H2,(H2,12,16). The van der Waals surface area contributed by atoms with Gasteiger partial charge in [0, 0.05) is 6.54 Å². The molecule has 2 heterocycles. The number of nitriles is 1. The molecule has 1 aromatic rings. The molecule has 2 rings (SSSR count). The van der Waals surface area contributed by atoms with Crippen molar-refractivity contribution in [2.75, 3.05) is 24.7 Å². The van der Waals surface area contributed by atoms with Gasteiger partial charge in [-0.25, -0.2) is 9.97 Å². The van der Waals surface area contributed by atoms with E-state index in [1.54, 1.807) is 4.90 Å². The number of nitrogens with zero attached hydrogens (tertiary/aromatic N) is 4. The fraction of sp³-hybridized carbons (Fsp3) is 0.400. The van der Waals surface area contributed by atoms with Crippen molar-refractivity contribution in [3.63, 3.8) is 0 Å². The van der Waals surface area contributed by atoms with Crippen molar-refractivity contribution in [1.82, 2.24) is 9.97 Å². The number of morpholine rings is 1. The number of primary amides is 1. The van der Waals surface area contributed by atoms with Crippen molar-refractivity contribution >= 4 is 11.7 Å². The zero-order valence-corrected chi connectivity index (χ0v) is 9.04. The van der Waals surface area contributed by atoms with Gasteiger partial charge < -0.3 is 15.4 Å². The van der Waals surface area contributed by atoms with Gasteiger partial charge in [-0.1, -0.05) is 0 Å². The highest BCUT2D eigenvalue weighted by atomic mass is 16.5. The lowest BCUT2D eigenvalue weighted by Crippen LogP contribution is -2.53. The summed E-state index contributed by atoms with van der Waals surface area (Å²) in [7, 11) is 0. The van der Waals surface area contributed by atoms with Crippen LogP contribution >= 0.6 is 0 Å². The predicted molar refractivity (Wildman–Crippen MR) is 57.9 cm³/mol. The first-order valence-corrected chi connectivity index (χ1v) is 5.08. The Balaban J connectivity index is 2.24. The van der Waals surface area contributed by atoms with Crippen LogP contribution in [-0.4, -0.2) is 41.7 Å². The average Bonchev–Trinajstić information content (AvgIpc) is 2.39. The maximum atomic E-state index is 11.3. The number of ether oxygens (including phenoxy) is 1. The van der Waals surface area contributed by atoms with Crippen LogP contribution in [-0.2, 0) is 9.53 Å². The largest absolute Gasteiger partial charge is 0.377 e. The SMILES string of the molecule is N#Cc1cnc(N2CCOCC2C(N)=O)cn1. The van der Waals surface area contributed by atoms with Gasteiger partial charge in [-0.3, -0.25) is 4.79 Å². The molecule has 1 fully saturated rings. The number of aromatic nitrogens is 2. The molecule has 1 aliphatic rings. The summed E-state index contributed by atoms with van der Waals surface area (Å²) in [5.74, 6) is 0.0620. The second-order valence-corrected chi connectivity index (χ2v) is 3.56. The molecule has 0 bridgehead atoms. The lowest BCUT2D eigenvalue weighted by Gasteiger charge is -2.34. The van der Waals surface area contributed by atoms with Crippen LogP contribution in [0.1, 0.15) is 5.69 Å². The fourth-order valence-corrected chi connectivity index (χ4v) is 1.64. The third kappa shape index (κ3) is 2.32. The molecule has 7 nitrogen and oxygen atoms in total. The summed E-state index contributed by atoms with van der Waals surface area (Å²) in [6.45, 7) is 1.27. The first-order chi connectivity index (χ1) is 8.22. The first kappa shape index (κ1) is 11.3. The molecular weight excluding hydrogens is 222 g/mol. The van der Waals surface area contributed by atoms with Crippen molar-refractivity contribution in [3.05, 3.63) is 18.1 Å². The summed E-state index contributed by atoms with van der Waals surface area (Å²) in [6.07, 6.45) is 2.82. The van der Waals surface area contributed by atoms with E-state index < -0.39 is 11.9 Å². The number of nitrogens with two attached hydrogens (primary N) is 1. The average molecular weight is 233 g/mol. The zero-order valence-electron chi connectivity index (χ0n) is 9.04. The lowest BCUT2D eigenvalue weighted by molar-refractivity contribution is -0.121. The molecule has 7 heteroatoms. The van der Waals surface area contributed by atoms with Crippen LogP contribution in [0.4, 0.5) is 5.82 Å². The molecule has 0 aliphatic carbocycles. The van der Waals surface area contributed by atoms with Gasteiger partial charge in [-0.2, -0.15) is 5.26 Å². The normalized spacial score (nSPS) is 19.7. The highest BCUT2D eigenvalue weighted by Crippen LogP contribution is 2.15. The van der Waals surface area contributed by atoms with Crippen LogP contribution in [0.15, 0.2) is 12.4 Å². The van der Waals surface area contributed by atoms with Gasteiger partial charge >= 0.3 is 0 Å². The summed E-state index contributed by atoms with van der Waals surface area (Å²) >= 11 is 0. The maximum absolute atomic E-state index is 11.3. The van der Waals surface area contributed by atoms with Crippen molar-refractivity contribution in [1.29, 1.82) is 5.26 Å². The molecule has 2 N–H and O–H groups in total. The predicted octanol–water partition coefficient (Wildman–Crippen LogP) is -0.961. The van der Waals surface area contributed by atoms with Gasteiger partial charge in [0.05, 0.1) is 25.6 Å². The first-order valence-electron chi connectivity index (χ1n) is 5.08. The van der Waals surface area contributed by atoms with E-state index in [0.29, 0.717) is 19.0 Å².